The minimum absolute atomic E-state index is 0.156. The predicted octanol–water partition coefficient (Wildman–Crippen LogP) is 3.55. The standard InChI is InChI=1S/C19H18ClN3O3/c1-4-23-15-8-6-5-7-13(15)17(19(23)24)22-21-11-12-9-14(20)18(26-3)16(10-12)25-2/h5-11H,4H2,1-3H3/b21-11-,22-17+. The quantitative estimate of drug-likeness (QED) is 0.596. The molecule has 1 aliphatic heterocycles. The predicted molar refractivity (Wildman–Crippen MR) is 103 cm³/mol. The Kier molecular flexibility index (Phi) is 5.23. The molecule has 0 radical (unpaired) electrons. The average molecular weight is 372 g/mol. The summed E-state index contributed by atoms with van der Waals surface area (Å²) in [5.41, 5.74) is 2.64. The van der Waals surface area contributed by atoms with Gasteiger partial charge in [-0.25, -0.2) is 0 Å². The molecule has 1 aliphatic rings. The summed E-state index contributed by atoms with van der Waals surface area (Å²) in [6.45, 7) is 2.50. The molecule has 0 bridgehead atoms. The van der Waals surface area contributed by atoms with E-state index < -0.39 is 0 Å². The minimum Gasteiger partial charge on any atom is -0.493 e. The van der Waals surface area contributed by atoms with Crippen LogP contribution in [0.5, 0.6) is 11.5 Å². The Morgan fingerprint density at radius 1 is 1.19 bits per heavy atom. The van der Waals surface area contributed by atoms with Crippen LogP contribution in [0.3, 0.4) is 0 Å². The number of carbonyl (C=O) groups excluding carboxylic acids is 1. The van der Waals surface area contributed by atoms with Crippen LogP contribution < -0.4 is 14.4 Å². The number of amides is 1. The summed E-state index contributed by atoms with van der Waals surface area (Å²) >= 11 is 6.18. The van der Waals surface area contributed by atoms with Gasteiger partial charge in [0, 0.05) is 17.7 Å². The van der Waals surface area contributed by atoms with E-state index in [1.54, 1.807) is 17.0 Å². The van der Waals surface area contributed by atoms with Crippen molar-refractivity contribution >= 4 is 35.1 Å². The molecule has 0 aromatic heterocycles. The molecule has 0 spiro atoms. The lowest BCUT2D eigenvalue weighted by atomic mass is 10.1. The summed E-state index contributed by atoms with van der Waals surface area (Å²) in [5.74, 6) is 0.792. The maximum atomic E-state index is 12.5. The Morgan fingerprint density at radius 2 is 1.96 bits per heavy atom. The molecule has 0 atom stereocenters. The van der Waals surface area contributed by atoms with Crippen LogP contribution >= 0.6 is 11.6 Å². The van der Waals surface area contributed by atoms with Crippen LogP contribution in [0.25, 0.3) is 0 Å². The molecule has 0 unspecified atom stereocenters. The largest absolute Gasteiger partial charge is 0.493 e. The number of para-hydroxylation sites is 1. The topological polar surface area (TPSA) is 63.5 Å². The van der Waals surface area contributed by atoms with Gasteiger partial charge in [-0.3, -0.25) is 4.79 Å². The lowest BCUT2D eigenvalue weighted by molar-refractivity contribution is -0.112. The van der Waals surface area contributed by atoms with Crippen molar-refractivity contribution in [3.63, 3.8) is 0 Å². The molecular weight excluding hydrogens is 354 g/mol. The zero-order valence-electron chi connectivity index (χ0n) is 14.7. The van der Waals surface area contributed by atoms with Gasteiger partial charge in [0.05, 0.1) is 31.1 Å². The van der Waals surface area contributed by atoms with Crippen molar-refractivity contribution in [2.45, 2.75) is 6.92 Å². The van der Waals surface area contributed by atoms with Crippen molar-refractivity contribution in [1.82, 2.24) is 0 Å². The van der Waals surface area contributed by atoms with Crippen LogP contribution in [0, 0.1) is 0 Å². The summed E-state index contributed by atoms with van der Waals surface area (Å²) < 4.78 is 10.5. The van der Waals surface area contributed by atoms with E-state index in [4.69, 9.17) is 21.1 Å². The fraction of sp³-hybridized carbons (Fsp3) is 0.211. The van der Waals surface area contributed by atoms with Gasteiger partial charge in [-0.15, -0.1) is 5.10 Å². The Balaban J connectivity index is 1.93. The zero-order valence-corrected chi connectivity index (χ0v) is 15.4. The third kappa shape index (κ3) is 3.15. The highest BCUT2D eigenvalue weighted by Gasteiger charge is 2.32. The van der Waals surface area contributed by atoms with E-state index in [-0.39, 0.29) is 5.91 Å². The number of hydrogen-bond acceptors (Lipinski definition) is 5. The Hall–Kier alpha value is -2.86. The second-order valence-electron chi connectivity index (χ2n) is 5.50. The van der Waals surface area contributed by atoms with Crippen molar-refractivity contribution < 1.29 is 14.3 Å². The number of ether oxygens (including phenoxy) is 2. The van der Waals surface area contributed by atoms with E-state index in [1.807, 2.05) is 31.2 Å². The number of halogens is 1. The fourth-order valence-corrected chi connectivity index (χ4v) is 3.13. The molecule has 2 aromatic rings. The summed E-state index contributed by atoms with van der Waals surface area (Å²) in [6, 6.07) is 11.0. The third-order valence-electron chi connectivity index (χ3n) is 4.03. The van der Waals surface area contributed by atoms with Crippen molar-refractivity contribution in [2.24, 2.45) is 10.2 Å². The molecule has 0 saturated heterocycles. The van der Waals surface area contributed by atoms with E-state index in [9.17, 15) is 4.79 Å². The number of hydrogen-bond donors (Lipinski definition) is 0. The molecule has 1 amide bonds. The van der Waals surface area contributed by atoms with E-state index in [0.717, 1.165) is 11.3 Å². The normalized spacial score (nSPS) is 15.0. The van der Waals surface area contributed by atoms with Gasteiger partial charge in [0.15, 0.2) is 17.2 Å². The number of fused-ring (bicyclic) bond motifs is 1. The zero-order chi connectivity index (χ0) is 18.7. The lowest BCUT2D eigenvalue weighted by Crippen LogP contribution is -2.29. The summed E-state index contributed by atoms with van der Waals surface area (Å²) in [7, 11) is 3.05. The van der Waals surface area contributed by atoms with Gasteiger partial charge in [0.2, 0.25) is 0 Å². The Labute approximate surface area is 156 Å². The van der Waals surface area contributed by atoms with Gasteiger partial charge in [-0.1, -0.05) is 29.8 Å². The number of rotatable bonds is 5. The number of nitrogens with zero attached hydrogens (tertiary/aromatic N) is 3. The van der Waals surface area contributed by atoms with Gasteiger partial charge < -0.3 is 14.4 Å². The molecular formula is C19H18ClN3O3. The monoisotopic (exact) mass is 371 g/mol. The SMILES string of the molecule is CCN1C(=O)/C(=N/N=C\c2cc(Cl)c(OC)c(OC)c2)c2ccccc21. The first-order valence-electron chi connectivity index (χ1n) is 8.04. The van der Waals surface area contributed by atoms with Gasteiger partial charge in [0.25, 0.3) is 5.91 Å². The Morgan fingerprint density at radius 3 is 2.65 bits per heavy atom. The summed E-state index contributed by atoms with van der Waals surface area (Å²) in [5, 5.41) is 8.62. The van der Waals surface area contributed by atoms with Gasteiger partial charge >= 0.3 is 0 Å². The molecule has 1 heterocycles. The highest BCUT2D eigenvalue weighted by atomic mass is 35.5. The maximum absolute atomic E-state index is 12.5. The van der Waals surface area contributed by atoms with E-state index in [1.165, 1.54) is 20.4 Å². The van der Waals surface area contributed by atoms with Crippen LogP contribution in [-0.4, -0.2) is 38.6 Å². The summed E-state index contributed by atoms with van der Waals surface area (Å²) in [4.78, 5) is 14.2. The van der Waals surface area contributed by atoms with E-state index >= 15 is 0 Å². The van der Waals surface area contributed by atoms with Crippen molar-refractivity contribution in [3.8, 4) is 11.5 Å². The molecule has 0 saturated carbocycles. The van der Waals surface area contributed by atoms with E-state index in [2.05, 4.69) is 10.2 Å². The molecule has 7 heteroatoms. The molecule has 26 heavy (non-hydrogen) atoms. The first-order chi connectivity index (χ1) is 12.6. The van der Waals surface area contributed by atoms with Crippen LogP contribution in [0.15, 0.2) is 46.6 Å². The second-order valence-corrected chi connectivity index (χ2v) is 5.91. The van der Waals surface area contributed by atoms with Crippen LogP contribution in [0.4, 0.5) is 5.69 Å². The number of methoxy groups -OCH3 is 2. The molecule has 6 nitrogen and oxygen atoms in total. The number of likely N-dealkylation sites (N-methyl/N-ethyl adjacent to an activating group) is 1. The summed E-state index contributed by atoms with van der Waals surface area (Å²) in [6.07, 6.45) is 1.52. The van der Waals surface area contributed by atoms with Gasteiger partial charge in [0.1, 0.15) is 0 Å². The average Bonchev–Trinajstić information content (AvgIpc) is 2.92. The maximum Gasteiger partial charge on any atom is 0.279 e. The smallest absolute Gasteiger partial charge is 0.279 e. The first kappa shape index (κ1) is 17.9. The molecule has 0 N–H and O–H groups in total. The molecule has 134 valence electrons. The lowest BCUT2D eigenvalue weighted by Gasteiger charge is -2.12. The van der Waals surface area contributed by atoms with Crippen LogP contribution in [0.1, 0.15) is 18.1 Å². The second kappa shape index (κ2) is 7.58. The number of anilines is 1. The van der Waals surface area contributed by atoms with E-state index in [0.29, 0.717) is 34.3 Å². The number of carbonyl (C=O) groups is 1. The highest BCUT2D eigenvalue weighted by Crippen LogP contribution is 2.35. The molecule has 0 fully saturated rings. The van der Waals surface area contributed by atoms with Gasteiger partial charge in [-0.05, 0) is 25.1 Å². The molecule has 2 aromatic carbocycles. The first-order valence-corrected chi connectivity index (χ1v) is 8.42. The minimum atomic E-state index is -0.156. The van der Waals surface area contributed by atoms with Crippen molar-refractivity contribution in [1.29, 1.82) is 0 Å². The fourth-order valence-electron chi connectivity index (χ4n) is 2.84. The van der Waals surface area contributed by atoms with Crippen molar-refractivity contribution in [3.05, 3.63) is 52.5 Å². The van der Waals surface area contributed by atoms with Crippen LogP contribution in [0.2, 0.25) is 5.02 Å². The van der Waals surface area contributed by atoms with Crippen molar-refractivity contribution in [2.75, 3.05) is 25.7 Å². The number of benzene rings is 2. The molecule has 3 rings (SSSR count). The Bertz CT molecular complexity index is 909. The third-order valence-corrected chi connectivity index (χ3v) is 4.32. The van der Waals surface area contributed by atoms with Gasteiger partial charge in [-0.2, -0.15) is 5.10 Å². The van der Waals surface area contributed by atoms with Crippen LogP contribution in [-0.2, 0) is 4.79 Å². The highest BCUT2D eigenvalue weighted by molar-refractivity contribution is 6.54. The molecule has 0 aliphatic carbocycles.